The Kier molecular flexibility index (Phi) is 6.39. The van der Waals surface area contributed by atoms with Crippen molar-refractivity contribution in [1.82, 2.24) is 4.90 Å². The van der Waals surface area contributed by atoms with E-state index in [1.165, 1.54) is 11.0 Å². The van der Waals surface area contributed by atoms with E-state index in [9.17, 15) is 18.4 Å². The van der Waals surface area contributed by atoms with Gasteiger partial charge < -0.3 is 15.0 Å². The Hall–Kier alpha value is -3.48. The molecule has 3 aromatic rings. The molecule has 0 atom stereocenters. The lowest BCUT2D eigenvalue weighted by Gasteiger charge is -2.20. The molecule has 7 heteroatoms. The predicted octanol–water partition coefficient (Wildman–Crippen LogP) is 3.98. The average Bonchev–Trinajstić information content (AvgIpc) is 2.73. The first-order valence-corrected chi connectivity index (χ1v) is 9.11. The Bertz CT molecular complexity index is 1020. The normalized spacial score (nSPS) is 10.6. The van der Waals surface area contributed by atoms with Crippen LogP contribution in [0.15, 0.2) is 60.7 Å². The van der Waals surface area contributed by atoms with Crippen molar-refractivity contribution in [2.24, 2.45) is 0 Å². The van der Waals surface area contributed by atoms with Gasteiger partial charge in [-0.1, -0.05) is 36.4 Å². The first-order valence-electron chi connectivity index (χ1n) is 9.11. The summed E-state index contributed by atoms with van der Waals surface area (Å²) in [6.07, 6.45) is 0. The summed E-state index contributed by atoms with van der Waals surface area (Å²) in [7, 11) is 0. The number of hydrogen-bond acceptors (Lipinski definition) is 3. The van der Waals surface area contributed by atoms with Gasteiger partial charge in [-0.3, -0.25) is 9.59 Å². The molecule has 29 heavy (non-hydrogen) atoms. The molecule has 5 nitrogen and oxygen atoms in total. The fraction of sp³-hybridized carbons (Fsp3) is 0.182. The van der Waals surface area contributed by atoms with E-state index >= 15 is 0 Å². The topological polar surface area (TPSA) is 58.6 Å². The smallest absolute Gasteiger partial charge is 0.260 e. The van der Waals surface area contributed by atoms with Crippen LogP contribution in [0.5, 0.6) is 5.75 Å². The van der Waals surface area contributed by atoms with Crippen LogP contribution in [0.25, 0.3) is 10.8 Å². The van der Waals surface area contributed by atoms with Crippen molar-refractivity contribution in [1.29, 1.82) is 0 Å². The summed E-state index contributed by atoms with van der Waals surface area (Å²) in [6.45, 7) is 1.34. The highest BCUT2D eigenvalue weighted by atomic mass is 19.1. The van der Waals surface area contributed by atoms with Crippen molar-refractivity contribution in [2.75, 3.05) is 25.0 Å². The highest BCUT2D eigenvalue weighted by Gasteiger charge is 2.18. The standard InChI is InChI=1S/C22H20F2N2O3/c1-2-26(13-20(27)25-22-18(23)8-5-9-19(22)24)21(28)14-29-17-11-10-15-6-3-4-7-16(15)12-17/h3-12H,2,13-14H2,1H3,(H,25,27). The van der Waals surface area contributed by atoms with E-state index in [1.807, 2.05) is 36.4 Å². The molecule has 2 amide bonds. The van der Waals surface area contributed by atoms with Gasteiger partial charge in [0.1, 0.15) is 23.1 Å². The molecule has 0 saturated carbocycles. The van der Waals surface area contributed by atoms with Gasteiger partial charge in [-0.15, -0.1) is 0 Å². The van der Waals surface area contributed by atoms with Crippen molar-refractivity contribution >= 4 is 28.3 Å². The number of rotatable bonds is 7. The molecule has 0 unspecified atom stereocenters. The largest absolute Gasteiger partial charge is 0.484 e. The van der Waals surface area contributed by atoms with Gasteiger partial charge in [-0.2, -0.15) is 0 Å². The molecule has 150 valence electrons. The van der Waals surface area contributed by atoms with Crippen LogP contribution in [0.2, 0.25) is 0 Å². The fourth-order valence-electron chi connectivity index (χ4n) is 2.84. The molecule has 0 aliphatic rings. The predicted molar refractivity (Wildman–Crippen MR) is 107 cm³/mol. The molecule has 0 spiro atoms. The Morgan fingerprint density at radius 1 is 0.966 bits per heavy atom. The zero-order valence-electron chi connectivity index (χ0n) is 15.8. The lowest BCUT2D eigenvalue weighted by molar-refractivity contribution is -0.136. The second kappa shape index (κ2) is 9.14. The second-order valence-electron chi connectivity index (χ2n) is 6.35. The number of nitrogens with zero attached hydrogens (tertiary/aromatic N) is 1. The summed E-state index contributed by atoms with van der Waals surface area (Å²) in [5.74, 6) is -2.34. The zero-order valence-corrected chi connectivity index (χ0v) is 15.8. The average molecular weight is 398 g/mol. The Balaban J connectivity index is 1.58. The van der Waals surface area contributed by atoms with Gasteiger partial charge >= 0.3 is 0 Å². The van der Waals surface area contributed by atoms with Crippen molar-refractivity contribution in [3.05, 3.63) is 72.3 Å². The van der Waals surface area contributed by atoms with Crippen LogP contribution in [0, 0.1) is 11.6 Å². The number of fused-ring (bicyclic) bond motifs is 1. The quantitative estimate of drug-likeness (QED) is 0.655. The number of ether oxygens (including phenoxy) is 1. The van der Waals surface area contributed by atoms with Crippen molar-refractivity contribution in [3.8, 4) is 5.75 Å². The SMILES string of the molecule is CCN(CC(=O)Nc1c(F)cccc1F)C(=O)COc1ccc2ccccc2c1. The molecular formula is C22H20F2N2O3. The minimum Gasteiger partial charge on any atom is -0.484 e. The molecule has 1 N–H and O–H groups in total. The third kappa shape index (κ3) is 5.07. The summed E-state index contributed by atoms with van der Waals surface area (Å²) in [5, 5.41) is 4.20. The second-order valence-corrected chi connectivity index (χ2v) is 6.35. The van der Waals surface area contributed by atoms with Crippen LogP contribution in [-0.4, -0.2) is 36.4 Å². The lowest BCUT2D eigenvalue weighted by Crippen LogP contribution is -2.40. The molecule has 0 radical (unpaired) electrons. The molecule has 0 bridgehead atoms. The number of carbonyl (C=O) groups excluding carboxylic acids is 2. The molecule has 0 aliphatic heterocycles. The van der Waals surface area contributed by atoms with Crippen LogP contribution >= 0.6 is 0 Å². The molecule has 0 saturated heterocycles. The van der Waals surface area contributed by atoms with E-state index in [-0.39, 0.29) is 19.7 Å². The molecule has 0 aromatic heterocycles. The maximum atomic E-state index is 13.7. The Morgan fingerprint density at radius 3 is 2.34 bits per heavy atom. The first-order chi connectivity index (χ1) is 14.0. The highest BCUT2D eigenvalue weighted by Crippen LogP contribution is 2.21. The Morgan fingerprint density at radius 2 is 1.66 bits per heavy atom. The number of benzene rings is 3. The number of amides is 2. The first kappa shape index (κ1) is 20.3. The fourth-order valence-corrected chi connectivity index (χ4v) is 2.84. The number of anilines is 1. The monoisotopic (exact) mass is 398 g/mol. The number of nitrogens with one attached hydrogen (secondary N) is 1. The van der Waals surface area contributed by atoms with Gasteiger partial charge in [0.05, 0.1) is 6.54 Å². The highest BCUT2D eigenvalue weighted by molar-refractivity contribution is 5.95. The van der Waals surface area contributed by atoms with E-state index in [0.29, 0.717) is 5.75 Å². The van der Waals surface area contributed by atoms with E-state index in [2.05, 4.69) is 5.32 Å². The summed E-state index contributed by atoms with van der Waals surface area (Å²) >= 11 is 0. The third-order valence-corrected chi connectivity index (χ3v) is 4.38. The Labute approximate surface area is 166 Å². The molecule has 0 aliphatic carbocycles. The number of hydrogen-bond donors (Lipinski definition) is 1. The van der Waals surface area contributed by atoms with E-state index in [0.717, 1.165) is 22.9 Å². The molecule has 3 rings (SSSR count). The van der Waals surface area contributed by atoms with Gasteiger partial charge in [0, 0.05) is 6.54 Å². The summed E-state index contributed by atoms with van der Waals surface area (Å²) in [6, 6.07) is 16.5. The van der Waals surface area contributed by atoms with Crippen LogP contribution in [0.1, 0.15) is 6.92 Å². The van der Waals surface area contributed by atoms with Crippen LogP contribution in [0.3, 0.4) is 0 Å². The van der Waals surface area contributed by atoms with Crippen molar-refractivity contribution in [2.45, 2.75) is 6.92 Å². The van der Waals surface area contributed by atoms with E-state index < -0.39 is 29.1 Å². The minimum absolute atomic E-state index is 0.243. The molecule has 0 heterocycles. The summed E-state index contributed by atoms with van der Waals surface area (Å²) < 4.78 is 32.9. The maximum Gasteiger partial charge on any atom is 0.260 e. The molecular weight excluding hydrogens is 378 g/mol. The maximum absolute atomic E-state index is 13.7. The van der Waals surface area contributed by atoms with Crippen LogP contribution < -0.4 is 10.1 Å². The van der Waals surface area contributed by atoms with Gasteiger partial charge in [0.2, 0.25) is 5.91 Å². The van der Waals surface area contributed by atoms with Gasteiger partial charge in [0.15, 0.2) is 6.61 Å². The number of carbonyl (C=O) groups is 2. The van der Waals surface area contributed by atoms with Crippen molar-refractivity contribution in [3.63, 3.8) is 0 Å². The molecule has 0 fully saturated rings. The number of likely N-dealkylation sites (N-methyl/N-ethyl adjacent to an activating group) is 1. The minimum atomic E-state index is -0.882. The van der Waals surface area contributed by atoms with Crippen LogP contribution in [-0.2, 0) is 9.59 Å². The lowest BCUT2D eigenvalue weighted by atomic mass is 10.1. The zero-order chi connectivity index (χ0) is 20.8. The number of para-hydroxylation sites is 1. The summed E-state index contributed by atoms with van der Waals surface area (Å²) in [4.78, 5) is 25.8. The van der Waals surface area contributed by atoms with E-state index in [4.69, 9.17) is 4.74 Å². The van der Waals surface area contributed by atoms with Crippen LogP contribution in [0.4, 0.5) is 14.5 Å². The number of halogens is 2. The van der Waals surface area contributed by atoms with E-state index in [1.54, 1.807) is 13.0 Å². The van der Waals surface area contributed by atoms with Gasteiger partial charge in [0.25, 0.3) is 5.91 Å². The molecule has 3 aromatic carbocycles. The third-order valence-electron chi connectivity index (χ3n) is 4.38. The summed E-state index contributed by atoms with van der Waals surface area (Å²) in [5.41, 5.74) is -0.534. The van der Waals surface area contributed by atoms with Crippen molar-refractivity contribution < 1.29 is 23.1 Å². The van der Waals surface area contributed by atoms with Gasteiger partial charge in [-0.25, -0.2) is 8.78 Å². The van der Waals surface area contributed by atoms with Gasteiger partial charge in [-0.05, 0) is 42.0 Å².